The number of fused-ring (bicyclic) bond motifs is 2. The second-order valence-corrected chi connectivity index (χ2v) is 9.72. The summed E-state index contributed by atoms with van der Waals surface area (Å²) >= 11 is 0. The first-order valence-corrected chi connectivity index (χ1v) is 12.5. The molecule has 2 saturated heterocycles. The Hall–Kier alpha value is -3.18. The summed E-state index contributed by atoms with van der Waals surface area (Å²) in [6, 6.07) is 2.39. The fourth-order valence-corrected chi connectivity index (χ4v) is 5.04. The minimum Gasteiger partial charge on any atom is -0.378 e. The standard InChI is InChI=1S/C24H33N9O2/c1-15(2)26-22-24-30-29-16(3)32(24)14-19(27-22)23-28-18-12-25-21(31-6-9-34-10-7-31)11-20(18)33(23)13-17-5-4-8-35-17/h11-12,14-15,17,24,30H,4-10,13H2,1-3H3,(H,26,27)/t17-,24?/m1/s1. The zero-order valence-corrected chi connectivity index (χ0v) is 20.6. The number of aromatic nitrogens is 3. The number of hydrogen-bond acceptors (Lipinski definition) is 10. The number of anilines is 1. The number of ether oxygens (including phenoxy) is 2. The van der Waals surface area contributed by atoms with E-state index in [0.717, 1.165) is 92.3 Å². The van der Waals surface area contributed by atoms with Crippen molar-refractivity contribution in [2.45, 2.75) is 58.5 Å². The van der Waals surface area contributed by atoms with Gasteiger partial charge in [0.1, 0.15) is 28.7 Å². The van der Waals surface area contributed by atoms with Crippen LogP contribution < -0.4 is 15.6 Å². The number of imidazole rings is 1. The number of rotatable bonds is 5. The number of hydrazone groups is 1. The van der Waals surface area contributed by atoms with Gasteiger partial charge in [-0.2, -0.15) is 5.10 Å². The summed E-state index contributed by atoms with van der Waals surface area (Å²) in [5, 5.41) is 7.92. The molecule has 0 radical (unpaired) electrons. The van der Waals surface area contributed by atoms with Crippen molar-refractivity contribution in [3.63, 3.8) is 0 Å². The molecule has 35 heavy (non-hydrogen) atoms. The number of aliphatic imine (C=N–C) groups is 1. The smallest absolute Gasteiger partial charge is 0.178 e. The molecule has 4 aliphatic rings. The third kappa shape index (κ3) is 4.23. The van der Waals surface area contributed by atoms with Crippen molar-refractivity contribution in [2.75, 3.05) is 37.8 Å². The molecule has 0 aromatic carbocycles. The lowest BCUT2D eigenvalue weighted by molar-refractivity contribution is 0.0977. The molecule has 0 saturated carbocycles. The molecule has 1 unspecified atom stereocenters. The van der Waals surface area contributed by atoms with Crippen molar-refractivity contribution in [1.29, 1.82) is 0 Å². The Labute approximate surface area is 204 Å². The highest BCUT2D eigenvalue weighted by atomic mass is 16.5. The monoisotopic (exact) mass is 479 g/mol. The minimum atomic E-state index is -0.133. The number of nitrogens with one attached hydrogen (secondary N) is 2. The van der Waals surface area contributed by atoms with Gasteiger partial charge in [0.2, 0.25) is 0 Å². The van der Waals surface area contributed by atoms with Crippen LogP contribution in [0.4, 0.5) is 5.82 Å². The molecule has 0 bridgehead atoms. The largest absolute Gasteiger partial charge is 0.378 e. The van der Waals surface area contributed by atoms with E-state index in [9.17, 15) is 0 Å². The topological polar surface area (TPSA) is 104 Å². The highest BCUT2D eigenvalue weighted by Crippen LogP contribution is 2.30. The summed E-state index contributed by atoms with van der Waals surface area (Å²) in [6.45, 7) is 10.9. The maximum atomic E-state index is 6.03. The zero-order valence-electron chi connectivity index (χ0n) is 20.6. The van der Waals surface area contributed by atoms with Crippen LogP contribution in [0.25, 0.3) is 16.7 Å². The van der Waals surface area contributed by atoms with Crippen LogP contribution in [-0.4, -0.2) is 82.3 Å². The van der Waals surface area contributed by atoms with Gasteiger partial charge in [0.25, 0.3) is 0 Å². The second kappa shape index (κ2) is 9.12. The van der Waals surface area contributed by atoms with Gasteiger partial charge in [0.15, 0.2) is 12.0 Å². The van der Waals surface area contributed by atoms with Crippen LogP contribution in [0.15, 0.2) is 28.6 Å². The lowest BCUT2D eigenvalue weighted by Gasteiger charge is -2.30. The maximum Gasteiger partial charge on any atom is 0.178 e. The average molecular weight is 480 g/mol. The number of hydrogen-bond donors (Lipinski definition) is 2. The molecular weight excluding hydrogens is 446 g/mol. The molecule has 186 valence electrons. The SMILES string of the molecule is CC1=NNC2C(NC(C)C)=NC(c3nc4cnc(N5CCOCC5)cc4n3C[C@H]3CCCO3)=CN12. The van der Waals surface area contributed by atoms with E-state index in [1.165, 1.54) is 0 Å². The first-order valence-electron chi connectivity index (χ1n) is 12.5. The van der Waals surface area contributed by atoms with Crippen molar-refractivity contribution in [2.24, 2.45) is 10.1 Å². The second-order valence-electron chi connectivity index (χ2n) is 9.72. The molecule has 6 heterocycles. The molecule has 11 heteroatoms. The number of nitrogens with zero attached hydrogens (tertiary/aromatic N) is 7. The summed E-state index contributed by atoms with van der Waals surface area (Å²) in [6.07, 6.45) is 6.09. The van der Waals surface area contributed by atoms with E-state index in [2.05, 4.69) is 50.1 Å². The summed E-state index contributed by atoms with van der Waals surface area (Å²) < 4.78 is 13.8. The molecule has 2 aromatic heterocycles. The van der Waals surface area contributed by atoms with Gasteiger partial charge in [-0.3, -0.25) is 5.43 Å². The molecule has 11 nitrogen and oxygen atoms in total. The van der Waals surface area contributed by atoms with E-state index in [4.69, 9.17) is 24.4 Å². The summed E-state index contributed by atoms with van der Waals surface area (Å²) in [5.41, 5.74) is 5.89. The molecule has 2 aromatic rings. The molecule has 2 atom stereocenters. The van der Waals surface area contributed by atoms with Crippen LogP contribution in [0.2, 0.25) is 0 Å². The van der Waals surface area contributed by atoms with Gasteiger partial charge in [-0.15, -0.1) is 0 Å². The van der Waals surface area contributed by atoms with Gasteiger partial charge in [-0.1, -0.05) is 0 Å². The Morgan fingerprint density at radius 2 is 2.09 bits per heavy atom. The predicted molar refractivity (Wildman–Crippen MR) is 135 cm³/mol. The van der Waals surface area contributed by atoms with Crippen molar-refractivity contribution in [3.8, 4) is 0 Å². The number of morpholine rings is 1. The third-order valence-corrected chi connectivity index (χ3v) is 6.79. The Morgan fingerprint density at radius 1 is 1.23 bits per heavy atom. The molecule has 4 aliphatic heterocycles. The number of amidine groups is 2. The van der Waals surface area contributed by atoms with Gasteiger partial charge in [0, 0.05) is 38.0 Å². The van der Waals surface area contributed by atoms with Crippen LogP contribution >= 0.6 is 0 Å². The lowest BCUT2D eigenvalue weighted by Crippen LogP contribution is -2.52. The van der Waals surface area contributed by atoms with E-state index in [-0.39, 0.29) is 18.3 Å². The van der Waals surface area contributed by atoms with Crippen LogP contribution in [-0.2, 0) is 16.0 Å². The summed E-state index contributed by atoms with van der Waals surface area (Å²) in [5.74, 6) is 3.50. The molecule has 6 rings (SSSR count). The van der Waals surface area contributed by atoms with Gasteiger partial charge < -0.3 is 29.2 Å². The Bertz CT molecular complexity index is 1190. The Kier molecular flexibility index (Phi) is 5.81. The molecule has 0 spiro atoms. The van der Waals surface area contributed by atoms with Crippen molar-refractivity contribution in [3.05, 3.63) is 24.3 Å². The molecule has 2 fully saturated rings. The first kappa shape index (κ1) is 22.3. The fourth-order valence-electron chi connectivity index (χ4n) is 5.04. The lowest BCUT2D eigenvalue weighted by atomic mass is 10.2. The van der Waals surface area contributed by atoms with E-state index >= 15 is 0 Å². The van der Waals surface area contributed by atoms with E-state index in [0.29, 0.717) is 0 Å². The normalized spacial score (nSPS) is 24.4. The Balaban J connectivity index is 1.45. The van der Waals surface area contributed by atoms with Gasteiger partial charge in [-0.25, -0.2) is 15.0 Å². The van der Waals surface area contributed by atoms with Crippen molar-refractivity contribution < 1.29 is 9.47 Å². The predicted octanol–water partition coefficient (Wildman–Crippen LogP) is 1.72. The van der Waals surface area contributed by atoms with Crippen LogP contribution in [0.5, 0.6) is 0 Å². The quantitative estimate of drug-likeness (QED) is 0.668. The minimum absolute atomic E-state index is 0.133. The molecule has 0 amide bonds. The average Bonchev–Trinajstić information content (AvgIpc) is 3.59. The van der Waals surface area contributed by atoms with Gasteiger partial charge >= 0.3 is 0 Å². The zero-order chi connectivity index (χ0) is 23.9. The van der Waals surface area contributed by atoms with E-state index in [1.54, 1.807) is 0 Å². The van der Waals surface area contributed by atoms with Crippen LogP contribution in [0, 0.1) is 0 Å². The van der Waals surface area contributed by atoms with Gasteiger partial charge in [-0.05, 0) is 33.6 Å². The van der Waals surface area contributed by atoms with Crippen molar-refractivity contribution >= 4 is 34.2 Å². The third-order valence-electron chi connectivity index (χ3n) is 6.79. The maximum absolute atomic E-state index is 6.03. The summed E-state index contributed by atoms with van der Waals surface area (Å²) in [7, 11) is 0. The molecule has 2 N–H and O–H groups in total. The number of pyridine rings is 1. The van der Waals surface area contributed by atoms with Crippen molar-refractivity contribution in [1.82, 2.24) is 30.2 Å². The summed E-state index contributed by atoms with van der Waals surface area (Å²) in [4.78, 5) is 19.2. The van der Waals surface area contributed by atoms with Crippen LogP contribution in [0.1, 0.15) is 39.4 Å². The van der Waals surface area contributed by atoms with Gasteiger partial charge in [0.05, 0.1) is 37.6 Å². The van der Waals surface area contributed by atoms with E-state index < -0.39 is 0 Å². The Morgan fingerprint density at radius 3 is 2.86 bits per heavy atom. The highest BCUT2D eigenvalue weighted by molar-refractivity contribution is 6.00. The fraction of sp³-hybridized carbons (Fsp3) is 0.583. The van der Waals surface area contributed by atoms with Crippen LogP contribution in [0.3, 0.4) is 0 Å². The first-order chi connectivity index (χ1) is 17.1. The molecular formula is C24H33N9O2. The molecule has 0 aliphatic carbocycles. The van der Waals surface area contributed by atoms with E-state index in [1.807, 2.05) is 19.3 Å². The highest BCUT2D eigenvalue weighted by Gasteiger charge is 2.34.